The van der Waals surface area contributed by atoms with E-state index in [1.807, 2.05) is 0 Å². The van der Waals surface area contributed by atoms with Crippen LogP contribution in [0.1, 0.15) is 39.1 Å². The molecule has 4 aromatic rings. The van der Waals surface area contributed by atoms with Gasteiger partial charge in [0.05, 0.1) is 5.69 Å². The first-order chi connectivity index (χ1) is 19.0. The molecule has 1 fully saturated rings. The van der Waals surface area contributed by atoms with Gasteiger partial charge in [0.1, 0.15) is 17.4 Å². The number of para-hydroxylation sites is 1. The molecule has 0 bridgehead atoms. The van der Waals surface area contributed by atoms with Crippen LogP contribution in [0.5, 0.6) is 5.75 Å². The number of nitrogens with zero attached hydrogens (tertiary/aromatic N) is 2. The van der Waals surface area contributed by atoms with Gasteiger partial charge in [-0.3, -0.25) is 9.59 Å². The Kier molecular flexibility index (Phi) is 7.62. The summed E-state index contributed by atoms with van der Waals surface area (Å²) in [6.07, 6.45) is 2.12. The SMILES string of the molecule is N#Cc1c(-c2cccc(C(=O)NCC3CCCN3)c2)cc(-c2ccccc2O)nc1NC(=O)c1ccccc1. The van der Waals surface area contributed by atoms with E-state index in [4.69, 9.17) is 0 Å². The Hall–Kier alpha value is -5.00. The number of anilines is 1. The van der Waals surface area contributed by atoms with Gasteiger partial charge in [0.25, 0.3) is 11.8 Å². The maximum Gasteiger partial charge on any atom is 0.256 e. The van der Waals surface area contributed by atoms with Gasteiger partial charge in [-0.2, -0.15) is 5.26 Å². The number of carbonyl (C=O) groups is 2. The summed E-state index contributed by atoms with van der Waals surface area (Å²) in [4.78, 5) is 30.5. The van der Waals surface area contributed by atoms with Crippen molar-refractivity contribution < 1.29 is 14.7 Å². The third-order valence-corrected chi connectivity index (χ3v) is 6.69. The highest BCUT2D eigenvalue weighted by atomic mass is 16.3. The number of aromatic nitrogens is 1. The van der Waals surface area contributed by atoms with Crippen molar-refractivity contribution in [2.45, 2.75) is 18.9 Å². The van der Waals surface area contributed by atoms with E-state index in [1.54, 1.807) is 84.9 Å². The monoisotopic (exact) mass is 517 g/mol. The number of aromatic hydroxyl groups is 1. The molecule has 1 aromatic heterocycles. The number of nitriles is 1. The zero-order valence-corrected chi connectivity index (χ0v) is 21.1. The Morgan fingerprint density at radius 1 is 0.949 bits per heavy atom. The van der Waals surface area contributed by atoms with Crippen molar-refractivity contribution >= 4 is 17.6 Å². The van der Waals surface area contributed by atoms with Gasteiger partial charge in [-0.25, -0.2) is 4.98 Å². The largest absolute Gasteiger partial charge is 0.507 e. The van der Waals surface area contributed by atoms with E-state index >= 15 is 0 Å². The highest BCUT2D eigenvalue weighted by Crippen LogP contribution is 2.35. The quantitative estimate of drug-likeness (QED) is 0.281. The molecule has 1 saturated heterocycles. The lowest BCUT2D eigenvalue weighted by molar-refractivity contribution is 0.0949. The number of amides is 2. The van der Waals surface area contributed by atoms with E-state index in [-0.39, 0.29) is 29.1 Å². The van der Waals surface area contributed by atoms with Crippen LogP contribution in [0.4, 0.5) is 5.82 Å². The van der Waals surface area contributed by atoms with Gasteiger partial charge in [-0.15, -0.1) is 0 Å². The maximum absolute atomic E-state index is 13.0. The molecular formula is C31H27N5O3. The molecule has 0 saturated carbocycles. The van der Waals surface area contributed by atoms with Gasteiger partial charge in [0.15, 0.2) is 5.82 Å². The van der Waals surface area contributed by atoms with Gasteiger partial charge in [-0.05, 0) is 67.4 Å². The van der Waals surface area contributed by atoms with Crippen molar-refractivity contribution in [2.24, 2.45) is 0 Å². The lowest BCUT2D eigenvalue weighted by Crippen LogP contribution is -2.37. The zero-order chi connectivity index (χ0) is 27.2. The van der Waals surface area contributed by atoms with Crippen LogP contribution in [-0.2, 0) is 0 Å². The third kappa shape index (κ3) is 5.79. The van der Waals surface area contributed by atoms with E-state index in [2.05, 4.69) is 27.0 Å². The normalized spacial score (nSPS) is 14.4. The molecule has 2 amide bonds. The van der Waals surface area contributed by atoms with Crippen LogP contribution in [0, 0.1) is 11.3 Å². The van der Waals surface area contributed by atoms with Crippen molar-refractivity contribution in [1.29, 1.82) is 5.26 Å². The lowest BCUT2D eigenvalue weighted by Gasteiger charge is -2.15. The summed E-state index contributed by atoms with van der Waals surface area (Å²) in [5.41, 5.74) is 2.89. The van der Waals surface area contributed by atoms with Gasteiger partial charge in [0.2, 0.25) is 0 Å². The Balaban J connectivity index is 1.55. The van der Waals surface area contributed by atoms with E-state index < -0.39 is 5.91 Å². The van der Waals surface area contributed by atoms with Crippen LogP contribution < -0.4 is 16.0 Å². The number of nitrogens with one attached hydrogen (secondary N) is 3. The van der Waals surface area contributed by atoms with Crippen LogP contribution in [-0.4, -0.2) is 41.0 Å². The molecule has 8 heteroatoms. The summed E-state index contributed by atoms with van der Waals surface area (Å²) < 4.78 is 0. The second kappa shape index (κ2) is 11.6. The van der Waals surface area contributed by atoms with Gasteiger partial charge in [0, 0.05) is 34.8 Å². The maximum atomic E-state index is 13.0. The van der Waals surface area contributed by atoms with Crippen LogP contribution in [0.2, 0.25) is 0 Å². The molecule has 1 atom stereocenters. The summed E-state index contributed by atoms with van der Waals surface area (Å²) in [6, 6.07) is 26.4. The number of benzene rings is 3. The summed E-state index contributed by atoms with van der Waals surface area (Å²) >= 11 is 0. The van der Waals surface area contributed by atoms with E-state index in [1.165, 1.54) is 0 Å². The molecular weight excluding hydrogens is 490 g/mol. The minimum absolute atomic E-state index is 0.00893. The molecule has 1 aliphatic heterocycles. The molecule has 1 unspecified atom stereocenters. The molecule has 3 aromatic carbocycles. The van der Waals surface area contributed by atoms with Crippen LogP contribution in [0.15, 0.2) is 84.9 Å². The van der Waals surface area contributed by atoms with Crippen LogP contribution in [0.25, 0.3) is 22.4 Å². The molecule has 0 spiro atoms. The highest BCUT2D eigenvalue weighted by Gasteiger charge is 2.20. The third-order valence-electron chi connectivity index (χ3n) is 6.69. The number of phenolic OH excluding ortho intramolecular Hbond substituents is 1. The fourth-order valence-corrected chi connectivity index (χ4v) is 4.65. The first-order valence-corrected chi connectivity index (χ1v) is 12.8. The smallest absolute Gasteiger partial charge is 0.256 e. The topological polar surface area (TPSA) is 127 Å². The number of pyridine rings is 1. The molecule has 5 rings (SSSR count). The number of hydrogen-bond acceptors (Lipinski definition) is 6. The summed E-state index contributed by atoms with van der Waals surface area (Å²) in [6.45, 7) is 1.49. The molecule has 0 aliphatic carbocycles. The van der Waals surface area contributed by atoms with Crippen molar-refractivity contribution in [1.82, 2.24) is 15.6 Å². The van der Waals surface area contributed by atoms with Gasteiger partial charge >= 0.3 is 0 Å². The van der Waals surface area contributed by atoms with Crippen molar-refractivity contribution in [3.05, 3.63) is 102 Å². The minimum atomic E-state index is -0.423. The second-order valence-corrected chi connectivity index (χ2v) is 9.31. The fraction of sp³-hybridized carbons (Fsp3) is 0.161. The molecule has 0 radical (unpaired) electrons. The first kappa shape index (κ1) is 25.6. The number of phenols is 1. The second-order valence-electron chi connectivity index (χ2n) is 9.31. The van der Waals surface area contributed by atoms with Crippen molar-refractivity contribution in [3.8, 4) is 34.2 Å². The fourth-order valence-electron chi connectivity index (χ4n) is 4.65. The standard InChI is InChI=1S/C31H27N5O3/c32-18-26-25(21-10-6-11-22(16-21)30(38)34-19-23-12-7-15-33-23)17-27(24-13-4-5-14-28(24)37)35-29(26)36-31(39)20-8-2-1-3-9-20/h1-6,8-11,13-14,16-17,23,33,37H,7,12,15,19H2,(H,34,38)(H,35,36,39). The van der Waals surface area contributed by atoms with Crippen LogP contribution >= 0.6 is 0 Å². The lowest BCUT2D eigenvalue weighted by atomic mass is 9.96. The van der Waals surface area contributed by atoms with Crippen molar-refractivity contribution in [2.75, 3.05) is 18.4 Å². The predicted octanol–water partition coefficient (Wildman–Crippen LogP) is 4.73. The first-order valence-electron chi connectivity index (χ1n) is 12.8. The number of hydrogen-bond donors (Lipinski definition) is 4. The molecule has 2 heterocycles. The average molecular weight is 518 g/mol. The molecule has 1 aliphatic rings. The average Bonchev–Trinajstić information content (AvgIpc) is 3.50. The van der Waals surface area contributed by atoms with E-state index in [0.717, 1.165) is 19.4 Å². The van der Waals surface area contributed by atoms with Gasteiger partial charge in [-0.1, -0.05) is 42.5 Å². The highest BCUT2D eigenvalue weighted by molar-refractivity contribution is 6.05. The van der Waals surface area contributed by atoms with Crippen LogP contribution in [0.3, 0.4) is 0 Å². The summed E-state index contributed by atoms with van der Waals surface area (Å²) in [5.74, 6) is -0.566. The molecule has 39 heavy (non-hydrogen) atoms. The van der Waals surface area contributed by atoms with E-state index in [0.29, 0.717) is 40.1 Å². The predicted molar refractivity (Wildman–Crippen MR) is 149 cm³/mol. The molecule has 4 N–H and O–H groups in total. The minimum Gasteiger partial charge on any atom is -0.507 e. The Bertz CT molecular complexity index is 1560. The zero-order valence-electron chi connectivity index (χ0n) is 21.1. The Labute approximate surface area is 226 Å². The summed E-state index contributed by atoms with van der Waals surface area (Å²) in [7, 11) is 0. The van der Waals surface area contributed by atoms with Crippen molar-refractivity contribution in [3.63, 3.8) is 0 Å². The van der Waals surface area contributed by atoms with Gasteiger partial charge < -0.3 is 21.1 Å². The molecule has 8 nitrogen and oxygen atoms in total. The number of rotatable bonds is 7. The number of carbonyl (C=O) groups excluding carboxylic acids is 2. The van der Waals surface area contributed by atoms with E-state index in [9.17, 15) is 20.0 Å². The summed E-state index contributed by atoms with van der Waals surface area (Å²) in [5, 5.41) is 29.8. The Morgan fingerprint density at radius 3 is 2.46 bits per heavy atom. The molecule has 194 valence electrons. The Morgan fingerprint density at radius 2 is 1.72 bits per heavy atom.